The van der Waals surface area contributed by atoms with Crippen LogP contribution >= 0.6 is 0 Å². The fraction of sp³-hybridized carbons (Fsp3) is 0.367. The highest BCUT2D eigenvalue weighted by Crippen LogP contribution is 2.42. The number of rotatable bonds is 9. The van der Waals surface area contributed by atoms with Gasteiger partial charge in [0, 0.05) is 12.7 Å². The Morgan fingerprint density at radius 2 is 1.74 bits per heavy atom. The van der Waals surface area contributed by atoms with Crippen molar-refractivity contribution in [2.45, 2.75) is 50.9 Å². The lowest BCUT2D eigenvalue weighted by Gasteiger charge is -2.18. The van der Waals surface area contributed by atoms with E-state index in [1.165, 1.54) is 28.5 Å². The van der Waals surface area contributed by atoms with Crippen LogP contribution in [-0.4, -0.2) is 37.1 Å². The van der Waals surface area contributed by atoms with Gasteiger partial charge < -0.3 is 9.47 Å². The Labute approximate surface area is 232 Å². The molecule has 3 atom stereocenters. The Kier molecular flexibility index (Phi) is 7.82. The zero-order valence-corrected chi connectivity index (χ0v) is 24.0. The van der Waals surface area contributed by atoms with E-state index in [1.807, 2.05) is 36.4 Å². The van der Waals surface area contributed by atoms with E-state index >= 15 is 0 Å². The van der Waals surface area contributed by atoms with Crippen LogP contribution in [0.1, 0.15) is 58.4 Å². The molecule has 0 bridgehead atoms. The largest absolute Gasteiger partial charge is 0.494 e. The Morgan fingerprint density at radius 1 is 1.03 bits per heavy atom. The van der Waals surface area contributed by atoms with Crippen LogP contribution in [0.25, 0.3) is 11.1 Å². The first-order valence-electron chi connectivity index (χ1n) is 13.1. The van der Waals surface area contributed by atoms with E-state index in [-0.39, 0.29) is 29.4 Å². The van der Waals surface area contributed by atoms with Crippen molar-refractivity contribution in [3.05, 3.63) is 82.4 Å². The summed E-state index contributed by atoms with van der Waals surface area (Å²) in [4.78, 5) is 11.6. The van der Waals surface area contributed by atoms with Gasteiger partial charge in [-0.05, 0) is 96.3 Å². The molecule has 2 aliphatic rings. The number of carbonyl (C=O) groups is 1. The monoisotopic (exact) mass is 567 g/mol. The van der Waals surface area contributed by atoms with Gasteiger partial charge in [0.05, 0.1) is 17.6 Å². The fourth-order valence-corrected chi connectivity index (χ4v) is 7.35. The molecule has 1 amide bonds. The van der Waals surface area contributed by atoms with Gasteiger partial charge >= 0.3 is 0 Å². The highest BCUT2D eigenvalue weighted by molar-refractivity contribution is 7.90. The molecule has 1 N–H and O–H groups in total. The second kappa shape index (κ2) is 11.1. The molecule has 0 aromatic heterocycles. The SMILES string of the molecule is Cc1cc(OCCCS(C)(=O)=O)cc(C)c1-c1cccc2c1CC[C@H]2Oc1ccc(C2CC(=O)NS2=O)cc1. The molecule has 1 aliphatic carbocycles. The van der Waals surface area contributed by atoms with E-state index in [1.54, 1.807) is 0 Å². The minimum atomic E-state index is -2.99. The van der Waals surface area contributed by atoms with E-state index < -0.39 is 20.8 Å². The van der Waals surface area contributed by atoms with E-state index in [0.717, 1.165) is 41.0 Å². The molecule has 3 aromatic rings. The molecule has 0 spiro atoms. The quantitative estimate of drug-likeness (QED) is 0.363. The highest BCUT2D eigenvalue weighted by Gasteiger charge is 2.31. The summed E-state index contributed by atoms with van der Waals surface area (Å²) < 4.78 is 49.6. The van der Waals surface area contributed by atoms with Gasteiger partial charge in [-0.25, -0.2) is 12.6 Å². The van der Waals surface area contributed by atoms with Crippen molar-refractivity contribution in [3.8, 4) is 22.6 Å². The van der Waals surface area contributed by atoms with Crippen molar-refractivity contribution in [3.63, 3.8) is 0 Å². The molecule has 1 fully saturated rings. The number of carbonyl (C=O) groups excluding carboxylic acids is 1. The number of benzene rings is 3. The average Bonchev–Trinajstić information content (AvgIpc) is 3.44. The first-order valence-corrected chi connectivity index (χ1v) is 16.4. The van der Waals surface area contributed by atoms with Crippen molar-refractivity contribution >= 4 is 26.7 Å². The third kappa shape index (κ3) is 6.20. The van der Waals surface area contributed by atoms with Gasteiger partial charge in [0.1, 0.15) is 38.4 Å². The number of amides is 1. The molecule has 0 saturated carbocycles. The minimum absolute atomic E-state index is 0.0623. The first-order chi connectivity index (χ1) is 18.6. The molecule has 1 saturated heterocycles. The molecular formula is C30H33NO6S2. The van der Waals surface area contributed by atoms with E-state index in [9.17, 15) is 17.4 Å². The molecule has 39 heavy (non-hydrogen) atoms. The number of hydrogen-bond donors (Lipinski definition) is 1. The van der Waals surface area contributed by atoms with Crippen molar-refractivity contribution in [2.24, 2.45) is 0 Å². The molecule has 3 aromatic carbocycles. The molecule has 7 nitrogen and oxygen atoms in total. The Bertz CT molecular complexity index is 1510. The van der Waals surface area contributed by atoms with Crippen molar-refractivity contribution in [1.29, 1.82) is 0 Å². The molecule has 5 rings (SSSR count). The number of fused-ring (bicyclic) bond motifs is 1. The van der Waals surface area contributed by atoms with Crippen LogP contribution in [0.5, 0.6) is 11.5 Å². The molecule has 206 valence electrons. The van der Waals surface area contributed by atoms with Crippen LogP contribution in [0, 0.1) is 13.8 Å². The van der Waals surface area contributed by atoms with Gasteiger partial charge in [0.2, 0.25) is 5.91 Å². The second-order valence-electron chi connectivity index (χ2n) is 10.4. The maximum atomic E-state index is 12.1. The average molecular weight is 568 g/mol. The highest BCUT2D eigenvalue weighted by atomic mass is 32.2. The summed E-state index contributed by atoms with van der Waals surface area (Å²) in [6, 6.07) is 18.0. The number of sulfone groups is 1. The van der Waals surface area contributed by atoms with Gasteiger partial charge in [0.15, 0.2) is 0 Å². The van der Waals surface area contributed by atoms with Crippen LogP contribution in [0.3, 0.4) is 0 Å². The predicted molar refractivity (Wildman–Crippen MR) is 153 cm³/mol. The zero-order valence-electron chi connectivity index (χ0n) is 22.4. The minimum Gasteiger partial charge on any atom is -0.494 e. The van der Waals surface area contributed by atoms with Crippen molar-refractivity contribution < 1.29 is 26.9 Å². The van der Waals surface area contributed by atoms with Crippen LogP contribution in [0.15, 0.2) is 54.6 Å². The second-order valence-corrected chi connectivity index (χ2v) is 14.0. The lowest BCUT2D eigenvalue weighted by Crippen LogP contribution is -2.15. The Morgan fingerprint density at radius 3 is 2.38 bits per heavy atom. The lowest BCUT2D eigenvalue weighted by molar-refractivity contribution is -0.118. The van der Waals surface area contributed by atoms with E-state index in [4.69, 9.17) is 9.47 Å². The number of aryl methyl sites for hydroxylation is 2. The topological polar surface area (TPSA) is 98.8 Å². The molecular weight excluding hydrogens is 534 g/mol. The standard InChI is InChI=1S/C30H33NO6S2/c1-19-16-23(36-14-5-15-39(3,34)35)17-20(2)30(19)26-7-4-6-25-24(26)12-13-27(25)37-22-10-8-21(9-11-22)28-18-29(32)31-38(28)33/h4,6-11,16-17,27-28H,5,12-15,18H2,1-3H3,(H,31,32)/t27-,28?,38?/m1/s1. The number of nitrogens with one attached hydrogen (secondary N) is 1. The summed E-state index contributed by atoms with van der Waals surface area (Å²) in [6.45, 7) is 4.52. The van der Waals surface area contributed by atoms with E-state index in [2.05, 4.69) is 36.8 Å². The molecule has 1 heterocycles. The van der Waals surface area contributed by atoms with Crippen LogP contribution in [-0.2, 0) is 32.0 Å². The summed E-state index contributed by atoms with van der Waals surface area (Å²) in [5.74, 6) is 1.43. The fourth-order valence-electron chi connectivity index (χ4n) is 5.55. The molecule has 1 aliphatic heterocycles. The van der Waals surface area contributed by atoms with Gasteiger partial charge in [-0.3, -0.25) is 9.52 Å². The summed E-state index contributed by atoms with van der Waals surface area (Å²) >= 11 is 0. The van der Waals surface area contributed by atoms with Crippen molar-refractivity contribution in [1.82, 2.24) is 4.72 Å². The Balaban J connectivity index is 1.31. The normalized spacial score (nSPS) is 20.5. The van der Waals surface area contributed by atoms with Crippen molar-refractivity contribution in [2.75, 3.05) is 18.6 Å². The van der Waals surface area contributed by atoms with Gasteiger partial charge in [-0.2, -0.15) is 0 Å². The lowest BCUT2D eigenvalue weighted by atomic mass is 9.90. The molecule has 2 unspecified atom stereocenters. The maximum Gasteiger partial charge on any atom is 0.233 e. The number of hydrogen-bond acceptors (Lipinski definition) is 6. The van der Waals surface area contributed by atoms with Gasteiger partial charge in [-0.15, -0.1) is 0 Å². The summed E-state index contributed by atoms with van der Waals surface area (Å²) in [6.07, 6.45) is 3.66. The number of ether oxygens (including phenoxy) is 2. The summed E-state index contributed by atoms with van der Waals surface area (Å²) in [5.41, 5.74) is 7.95. The zero-order chi connectivity index (χ0) is 27.7. The molecule has 0 radical (unpaired) electrons. The summed E-state index contributed by atoms with van der Waals surface area (Å²) in [5, 5.41) is -0.322. The maximum absolute atomic E-state index is 12.1. The third-order valence-corrected chi connectivity index (χ3v) is 9.71. The van der Waals surface area contributed by atoms with Crippen LogP contribution < -0.4 is 14.2 Å². The van der Waals surface area contributed by atoms with Crippen LogP contribution in [0.4, 0.5) is 0 Å². The Hall–Kier alpha value is -3.17. The predicted octanol–water partition coefficient (Wildman–Crippen LogP) is 5.07. The van der Waals surface area contributed by atoms with E-state index in [0.29, 0.717) is 13.0 Å². The van der Waals surface area contributed by atoms with Gasteiger partial charge in [-0.1, -0.05) is 30.3 Å². The molecule has 9 heteroatoms. The first kappa shape index (κ1) is 27.4. The van der Waals surface area contributed by atoms with Gasteiger partial charge in [0.25, 0.3) is 0 Å². The smallest absolute Gasteiger partial charge is 0.233 e. The third-order valence-electron chi connectivity index (χ3n) is 7.29. The summed E-state index contributed by atoms with van der Waals surface area (Å²) in [7, 11) is -4.38. The van der Waals surface area contributed by atoms with Crippen LogP contribution in [0.2, 0.25) is 0 Å².